The lowest BCUT2D eigenvalue weighted by Gasteiger charge is -2.22. The molecular formula is C13H30N2. The first kappa shape index (κ1) is 14.9. The molecule has 0 rings (SSSR count). The van der Waals surface area contributed by atoms with E-state index in [9.17, 15) is 0 Å². The van der Waals surface area contributed by atoms with E-state index in [0.717, 1.165) is 6.54 Å². The second kappa shape index (κ2) is 7.24. The van der Waals surface area contributed by atoms with Gasteiger partial charge in [-0.1, -0.05) is 6.42 Å². The number of nitrogens with zero attached hydrogens (tertiary/aromatic N) is 1. The second-order valence-corrected chi connectivity index (χ2v) is 5.81. The van der Waals surface area contributed by atoms with E-state index in [1.807, 2.05) is 0 Å². The zero-order valence-electron chi connectivity index (χ0n) is 11.6. The topological polar surface area (TPSA) is 15.3 Å². The monoisotopic (exact) mass is 214 g/mol. The molecule has 0 aliphatic carbocycles. The molecule has 0 amide bonds. The van der Waals surface area contributed by atoms with Crippen LogP contribution in [0.25, 0.3) is 0 Å². The first-order chi connectivity index (χ1) is 6.83. The summed E-state index contributed by atoms with van der Waals surface area (Å²) in [5, 5.41) is 3.52. The molecule has 0 saturated carbocycles. The van der Waals surface area contributed by atoms with E-state index in [4.69, 9.17) is 0 Å². The minimum absolute atomic E-state index is 0.273. The van der Waals surface area contributed by atoms with E-state index in [1.165, 1.54) is 25.8 Å². The summed E-state index contributed by atoms with van der Waals surface area (Å²) >= 11 is 0. The Kier molecular flexibility index (Phi) is 7.20. The molecule has 0 aromatic carbocycles. The molecule has 0 fully saturated rings. The Morgan fingerprint density at radius 3 is 2.13 bits per heavy atom. The van der Waals surface area contributed by atoms with Gasteiger partial charge in [0.25, 0.3) is 0 Å². The van der Waals surface area contributed by atoms with Gasteiger partial charge in [0.05, 0.1) is 0 Å². The maximum atomic E-state index is 3.52. The number of hydrogen-bond donors (Lipinski definition) is 1. The maximum absolute atomic E-state index is 3.52. The largest absolute Gasteiger partial charge is 0.312 e. The van der Waals surface area contributed by atoms with Gasteiger partial charge < -0.3 is 10.2 Å². The van der Waals surface area contributed by atoms with Gasteiger partial charge in [-0.05, 0) is 67.6 Å². The van der Waals surface area contributed by atoms with Crippen molar-refractivity contribution in [2.45, 2.75) is 65.5 Å². The Bertz CT molecular complexity index is 147. The summed E-state index contributed by atoms with van der Waals surface area (Å²) in [5.41, 5.74) is 0.273. The molecule has 0 unspecified atom stereocenters. The zero-order chi connectivity index (χ0) is 11.9. The van der Waals surface area contributed by atoms with Crippen LogP contribution >= 0.6 is 0 Å². The second-order valence-electron chi connectivity index (χ2n) is 5.81. The van der Waals surface area contributed by atoms with Gasteiger partial charge in [-0.25, -0.2) is 0 Å². The molecule has 0 radical (unpaired) electrons. The van der Waals surface area contributed by atoms with Gasteiger partial charge in [0.15, 0.2) is 0 Å². The number of rotatable bonds is 7. The summed E-state index contributed by atoms with van der Waals surface area (Å²) in [6.45, 7) is 13.5. The molecule has 0 atom stereocenters. The first-order valence-electron chi connectivity index (χ1n) is 6.28. The summed E-state index contributed by atoms with van der Waals surface area (Å²) in [7, 11) is 2.21. The van der Waals surface area contributed by atoms with Crippen LogP contribution in [-0.4, -0.2) is 36.6 Å². The van der Waals surface area contributed by atoms with Crippen LogP contribution in [-0.2, 0) is 0 Å². The molecule has 15 heavy (non-hydrogen) atoms. The van der Waals surface area contributed by atoms with E-state index >= 15 is 0 Å². The van der Waals surface area contributed by atoms with Crippen molar-refractivity contribution < 1.29 is 0 Å². The molecule has 0 heterocycles. The summed E-state index contributed by atoms with van der Waals surface area (Å²) in [5.74, 6) is 0. The van der Waals surface area contributed by atoms with E-state index in [-0.39, 0.29) is 5.54 Å². The van der Waals surface area contributed by atoms with Crippen molar-refractivity contribution in [1.82, 2.24) is 10.2 Å². The lowest BCUT2D eigenvalue weighted by atomic mass is 10.1. The highest BCUT2D eigenvalue weighted by atomic mass is 15.1. The van der Waals surface area contributed by atoms with Crippen molar-refractivity contribution in [1.29, 1.82) is 0 Å². The van der Waals surface area contributed by atoms with Gasteiger partial charge >= 0.3 is 0 Å². The van der Waals surface area contributed by atoms with Gasteiger partial charge in [0, 0.05) is 11.6 Å². The smallest absolute Gasteiger partial charge is 0.00965 e. The third-order valence-corrected chi connectivity index (χ3v) is 2.72. The van der Waals surface area contributed by atoms with Gasteiger partial charge in [-0.3, -0.25) is 0 Å². The molecule has 0 aliphatic heterocycles. The van der Waals surface area contributed by atoms with Gasteiger partial charge in [0.1, 0.15) is 0 Å². The Morgan fingerprint density at radius 1 is 1.07 bits per heavy atom. The van der Waals surface area contributed by atoms with Crippen LogP contribution < -0.4 is 5.32 Å². The van der Waals surface area contributed by atoms with Crippen molar-refractivity contribution >= 4 is 0 Å². The van der Waals surface area contributed by atoms with Crippen LogP contribution in [0.1, 0.15) is 53.9 Å². The van der Waals surface area contributed by atoms with Gasteiger partial charge in [0.2, 0.25) is 0 Å². The minimum Gasteiger partial charge on any atom is -0.312 e. The fourth-order valence-electron chi connectivity index (χ4n) is 1.38. The highest BCUT2D eigenvalue weighted by molar-refractivity contribution is 4.69. The third-order valence-electron chi connectivity index (χ3n) is 2.72. The highest BCUT2D eigenvalue weighted by Crippen LogP contribution is 2.02. The normalized spacial score (nSPS) is 12.8. The number of hydrogen-bond acceptors (Lipinski definition) is 2. The molecular weight excluding hydrogens is 184 g/mol. The van der Waals surface area contributed by atoms with E-state index in [2.05, 4.69) is 51.9 Å². The van der Waals surface area contributed by atoms with Crippen molar-refractivity contribution in [2.75, 3.05) is 20.1 Å². The van der Waals surface area contributed by atoms with E-state index < -0.39 is 0 Å². The predicted molar refractivity (Wildman–Crippen MR) is 69.4 cm³/mol. The molecule has 0 aromatic rings. The lowest BCUT2D eigenvalue weighted by molar-refractivity contribution is 0.266. The molecule has 0 aromatic heterocycles. The summed E-state index contributed by atoms with van der Waals surface area (Å²) in [6, 6.07) is 0.678. The quantitative estimate of drug-likeness (QED) is 0.656. The van der Waals surface area contributed by atoms with Gasteiger partial charge in [-0.15, -0.1) is 0 Å². The van der Waals surface area contributed by atoms with Crippen molar-refractivity contribution in [3.05, 3.63) is 0 Å². The lowest BCUT2D eigenvalue weighted by Crippen LogP contribution is -2.36. The van der Waals surface area contributed by atoms with Crippen molar-refractivity contribution in [3.8, 4) is 0 Å². The Morgan fingerprint density at radius 2 is 1.67 bits per heavy atom. The standard InChI is InChI=1S/C13H30N2/c1-12(2)15(6)11-9-7-8-10-14-13(3,4)5/h12,14H,7-11H2,1-6H3. The molecule has 2 heteroatoms. The minimum atomic E-state index is 0.273. The van der Waals surface area contributed by atoms with Crippen LogP contribution in [0.2, 0.25) is 0 Å². The van der Waals surface area contributed by atoms with E-state index in [1.54, 1.807) is 0 Å². The Labute approximate surface area is 96.4 Å². The summed E-state index contributed by atoms with van der Waals surface area (Å²) < 4.78 is 0. The number of nitrogens with one attached hydrogen (secondary N) is 1. The SMILES string of the molecule is CC(C)N(C)CCCCCNC(C)(C)C. The summed E-state index contributed by atoms with van der Waals surface area (Å²) in [4.78, 5) is 2.41. The van der Waals surface area contributed by atoms with Crippen LogP contribution in [0, 0.1) is 0 Å². The predicted octanol–water partition coefficient (Wildman–Crippen LogP) is 2.89. The molecule has 0 saturated heterocycles. The van der Waals surface area contributed by atoms with Crippen molar-refractivity contribution in [3.63, 3.8) is 0 Å². The number of unbranched alkanes of at least 4 members (excludes halogenated alkanes) is 2. The molecule has 2 nitrogen and oxygen atoms in total. The van der Waals surface area contributed by atoms with Gasteiger partial charge in [-0.2, -0.15) is 0 Å². The zero-order valence-corrected chi connectivity index (χ0v) is 11.6. The third kappa shape index (κ3) is 10.2. The molecule has 0 bridgehead atoms. The average molecular weight is 214 g/mol. The Hall–Kier alpha value is -0.0800. The first-order valence-corrected chi connectivity index (χ1v) is 6.28. The van der Waals surface area contributed by atoms with Crippen LogP contribution in [0.3, 0.4) is 0 Å². The maximum Gasteiger partial charge on any atom is 0.00965 e. The molecule has 0 spiro atoms. The Balaban J connectivity index is 3.26. The fourth-order valence-corrected chi connectivity index (χ4v) is 1.38. The van der Waals surface area contributed by atoms with Crippen LogP contribution in [0.5, 0.6) is 0 Å². The van der Waals surface area contributed by atoms with E-state index in [0.29, 0.717) is 6.04 Å². The van der Waals surface area contributed by atoms with Crippen molar-refractivity contribution in [2.24, 2.45) is 0 Å². The molecule has 1 N–H and O–H groups in total. The van der Waals surface area contributed by atoms with Crippen LogP contribution in [0.15, 0.2) is 0 Å². The molecule has 92 valence electrons. The fraction of sp³-hybridized carbons (Fsp3) is 1.00. The summed E-state index contributed by atoms with van der Waals surface area (Å²) in [6.07, 6.45) is 3.95. The van der Waals surface area contributed by atoms with Crippen LogP contribution in [0.4, 0.5) is 0 Å². The average Bonchev–Trinajstić information content (AvgIpc) is 2.08. The molecule has 0 aliphatic rings. The highest BCUT2D eigenvalue weighted by Gasteiger charge is 2.07.